The van der Waals surface area contributed by atoms with Crippen molar-refractivity contribution in [2.24, 2.45) is 0 Å². The summed E-state index contributed by atoms with van der Waals surface area (Å²) in [5.41, 5.74) is 6.03. The van der Waals surface area contributed by atoms with Gasteiger partial charge in [-0.25, -0.2) is 0 Å². The zero-order valence-corrected chi connectivity index (χ0v) is 13.5. The Labute approximate surface area is 138 Å². The van der Waals surface area contributed by atoms with Crippen LogP contribution in [0.4, 0.5) is 5.69 Å². The molecule has 1 aliphatic carbocycles. The van der Waals surface area contributed by atoms with Gasteiger partial charge in [-0.05, 0) is 61.5 Å². The van der Waals surface area contributed by atoms with Gasteiger partial charge in [0.25, 0.3) is 0 Å². The summed E-state index contributed by atoms with van der Waals surface area (Å²) < 4.78 is 0. The second kappa shape index (κ2) is 5.38. The molecule has 5 rings (SSSR count). The fourth-order valence-corrected chi connectivity index (χ4v) is 5.06. The fraction of sp³-hybridized carbons (Fsp3) is 0.429. The highest BCUT2D eigenvalue weighted by molar-refractivity contribution is 5.65. The molecule has 1 saturated heterocycles. The van der Waals surface area contributed by atoms with Crippen molar-refractivity contribution < 1.29 is 0 Å². The third-order valence-corrected chi connectivity index (χ3v) is 6.07. The smallest absolute Gasteiger partial charge is 0.0583 e. The quantitative estimate of drug-likeness (QED) is 0.851. The topological polar surface area (TPSA) is 15.3 Å². The Balaban J connectivity index is 1.55. The van der Waals surface area contributed by atoms with Gasteiger partial charge in [-0.2, -0.15) is 0 Å². The summed E-state index contributed by atoms with van der Waals surface area (Å²) in [6.07, 6.45) is 5.36. The number of hydrogen-bond donors (Lipinski definition) is 1. The molecular weight excluding hydrogens is 280 g/mol. The first-order valence-corrected chi connectivity index (χ1v) is 9.10. The monoisotopic (exact) mass is 304 g/mol. The molecule has 2 heterocycles. The highest BCUT2D eigenvalue weighted by Gasteiger charge is 2.41. The van der Waals surface area contributed by atoms with Crippen molar-refractivity contribution in [3.05, 3.63) is 65.2 Å². The van der Waals surface area contributed by atoms with Gasteiger partial charge in [-0.3, -0.25) is 4.90 Å². The average molecular weight is 304 g/mol. The van der Waals surface area contributed by atoms with Gasteiger partial charge in [0.1, 0.15) is 0 Å². The normalized spacial score (nSPS) is 29.3. The number of nitrogens with zero attached hydrogens (tertiary/aromatic N) is 1. The third kappa shape index (κ3) is 2.12. The van der Waals surface area contributed by atoms with Gasteiger partial charge in [-0.1, -0.05) is 42.5 Å². The molecule has 1 N–H and O–H groups in total. The Hall–Kier alpha value is -1.80. The molecule has 2 aliphatic heterocycles. The molecule has 2 nitrogen and oxygen atoms in total. The van der Waals surface area contributed by atoms with E-state index in [4.69, 9.17) is 0 Å². The van der Waals surface area contributed by atoms with Crippen LogP contribution in [0.2, 0.25) is 0 Å². The van der Waals surface area contributed by atoms with Crippen LogP contribution in [0.3, 0.4) is 0 Å². The van der Waals surface area contributed by atoms with Crippen molar-refractivity contribution in [2.75, 3.05) is 18.4 Å². The Morgan fingerprint density at radius 2 is 1.70 bits per heavy atom. The van der Waals surface area contributed by atoms with Crippen LogP contribution in [0, 0.1) is 0 Å². The van der Waals surface area contributed by atoms with Crippen molar-refractivity contribution in [3.8, 4) is 0 Å². The second-order valence-electron chi connectivity index (χ2n) is 7.28. The summed E-state index contributed by atoms with van der Waals surface area (Å²) in [4.78, 5) is 2.72. The van der Waals surface area contributed by atoms with Crippen LogP contribution in [0.25, 0.3) is 0 Å². The third-order valence-electron chi connectivity index (χ3n) is 6.07. The molecule has 3 aliphatic rings. The standard InChI is InChI=1S/C21H24N2/c1-2-7-15(8-3-1)21-17-11-12-19(23-13-4-5-14-23)16-9-6-10-18(22-21)20(16)17/h1-3,6-10,17,19,21-22H,4-5,11-14H2. The van der Waals surface area contributed by atoms with E-state index in [2.05, 4.69) is 58.7 Å². The molecular formula is C21H24N2. The average Bonchev–Trinajstić information content (AvgIpc) is 3.26. The molecule has 0 spiro atoms. The van der Waals surface area contributed by atoms with Crippen LogP contribution in [0.5, 0.6) is 0 Å². The summed E-state index contributed by atoms with van der Waals surface area (Å²) in [7, 11) is 0. The van der Waals surface area contributed by atoms with Gasteiger partial charge in [0.05, 0.1) is 6.04 Å². The fourth-order valence-electron chi connectivity index (χ4n) is 5.06. The van der Waals surface area contributed by atoms with E-state index in [0.29, 0.717) is 18.0 Å². The van der Waals surface area contributed by atoms with Gasteiger partial charge in [0, 0.05) is 17.6 Å². The van der Waals surface area contributed by atoms with Crippen LogP contribution in [-0.2, 0) is 0 Å². The molecule has 3 unspecified atom stereocenters. The van der Waals surface area contributed by atoms with Crippen molar-refractivity contribution in [2.45, 2.75) is 43.7 Å². The van der Waals surface area contributed by atoms with E-state index >= 15 is 0 Å². The Bertz CT molecular complexity index is 703. The first-order valence-electron chi connectivity index (χ1n) is 9.10. The molecule has 118 valence electrons. The van der Waals surface area contributed by atoms with E-state index in [1.165, 1.54) is 50.0 Å². The first-order chi connectivity index (χ1) is 11.4. The van der Waals surface area contributed by atoms with Gasteiger partial charge in [-0.15, -0.1) is 0 Å². The molecule has 2 heteroatoms. The highest BCUT2D eigenvalue weighted by Crippen LogP contribution is 2.54. The molecule has 2 aromatic rings. The van der Waals surface area contributed by atoms with Crippen LogP contribution in [0.1, 0.15) is 60.4 Å². The highest BCUT2D eigenvalue weighted by atomic mass is 15.2. The van der Waals surface area contributed by atoms with Crippen LogP contribution in [0.15, 0.2) is 48.5 Å². The van der Waals surface area contributed by atoms with Gasteiger partial charge in [0.2, 0.25) is 0 Å². The minimum Gasteiger partial charge on any atom is -0.377 e. The molecule has 1 fully saturated rings. The lowest BCUT2D eigenvalue weighted by Gasteiger charge is -2.36. The number of likely N-dealkylation sites (tertiary alicyclic amines) is 1. The molecule has 0 radical (unpaired) electrons. The van der Waals surface area contributed by atoms with Crippen molar-refractivity contribution in [3.63, 3.8) is 0 Å². The zero-order valence-electron chi connectivity index (χ0n) is 13.5. The van der Waals surface area contributed by atoms with Gasteiger partial charge in [0.15, 0.2) is 0 Å². The summed E-state index contributed by atoms with van der Waals surface area (Å²) in [5.74, 6) is 0.641. The zero-order chi connectivity index (χ0) is 15.2. The van der Waals surface area contributed by atoms with Crippen LogP contribution >= 0.6 is 0 Å². The van der Waals surface area contributed by atoms with E-state index in [1.807, 2.05) is 0 Å². The van der Waals surface area contributed by atoms with E-state index in [0.717, 1.165) is 0 Å². The lowest BCUT2D eigenvalue weighted by atomic mass is 9.76. The van der Waals surface area contributed by atoms with Crippen LogP contribution in [-0.4, -0.2) is 18.0 Å². The maximum atomic E-state index is 3.83. The van der Waals surface area contributed by atoms with Gasteiger partial charge < -0.3 is 5.32 Å². The molecule has 3 atom stereocenters. The number of hydrogen-bond acceptors (Lipinski definition) is 2. The summed E-state index contributed by atoms with van der Waals surface area (Å²) >= 11 is 0. The molecule has 0 saturated carbocycles. The maximum Gasteiger partial charge on any atom is 0.0583 e. The van der Waals surface area contributed by atoms with Crippen molar-refractivity contribution >= 4 is 5.69 Å². The second-order valence-corrected chi connectivity index (χ2v) is 7.28. The number of benzene rings is 2. The van der Waals surface area contributed by atoms with E-state index < -0.39 is 0 Å². The maximum absolute atomic E-state index is 3.83. The summed E-state index contributed by atoms with van der Waals surface area (Å²) in [5, 5.41) is 3.83. The predicted octanol–water partition coefficient (Wildman–Crippen LogP) is 4.87. The van der Waals surface area contributed by atoms with E-state index in [-0.39, 0.29) is 0 Å². The lowest BCUT2D eigenvalue weighted by molar-refractivity contribution is 0.213. The van der Waals surface area contributed by atoms with Crippen LogP contribution < -0.4 is 5.32 Å². The number of anilines is 1. The summed E-state index contributed by atoms with van der Waals surface area (Å²) in [6.45, 7) is 2.57. The molecule has 23 heavy (non-hydrogen) atoms. The SMILES string of the molecule is c1ccc(C2Nc3cccc4c3C2CCC4N2CCCC2)cc1. The molecule has 2 aromatic carbocycles. The molecule has 0 amide bonds. The minimum atomic E-state index is 0.451. The molecule has 0 bridgehead atoms. The summed E-state index contributed by atoms with van der Waals surface area (Å²) in [6, 6.07) is 19.0. The van der Waals surface area contributed by atoms with Crippen molar-refractivity contribution in [1.29, 1.82) is 0 Å². The Morgan fingerprint density at radius 1 is 0.870 bits per heavy atom. The van der Waals surface area contributed by atoms with Gasteiger partial charge >= 0.3 is 0 Å². The largest absolute Gasteiger partial charge is 0.377 e. The number of rotatable bonds is 2. The first kappa shape index (κ1) is 13.6. The minimum absolute atomic E-state index is 0.451. The predicted molar refractivity (Wildman–Crippen MR) is 94.8 cm³/mol. The van der Waals surface area contributed by atoms with Crippen molar-refractivity contribution in [1.82, 2.24) is 4.90 Å². The Morgan fingerprint density at radius 3 is 2.52 bits per heavy atom. The Kier molecular flexibility index (Phi) is 3.19. The number of nitrogens with one attached hydrogen (secondary N) is 1. The lowest BCUT2D eigenvalue weighted by Crippen LogP contribution is -2.30. The van der Waals surface area contributed by atoms with E-state index in [9.17, 15) is 0 Å². The molecule has 0 aromatic heterocycles. The van der Waals surface area contributed by atoms with E-state index in [1.54, 1.807) is 11.1 Å².